The molecule has 4 heteroatoms. The van der Waals surface area contributed by atoms with E-state index in [1.54, 1.807) is 12.1 Å². The van der Waals surface area contributed by atoms with Crippen molar-refractivity contribution in [3.05, 3.63) is 29.6 Å². The molecule has 0 spiro atoms. The number of halogens is 1. The van der Waals surface area contributed by atoms with Gasteiger partial charge >= 0.3 is 0 Å². The van der Waals surface area contributed by atoms with Gasteiger partial charge in [0.25, 0.3) is 0 Å². The van der Waals surface area contributed by atoms with Gasteiger partial charge in [-0.15, -0.1) is 0 Å². The van der Waals surface area contributed by atoms with Crippen LogP contribution in [0.5, 0.6) is 5.75 Å². The van der Waals surface area contributed by atoms with Crippen LogP contribution in [0.4, 0.5) is 4.39 Å². The molecule has 3 nitrogen and oxygen atoms in total. The Bertz CT molecular complexity index is 433. The molecule has 0 radical (unpaired) electrons. The topological polar surface area (TPSA) is 30.5 Å². The average Bonchev–Trinajstić information content (AvgIpc) is 2.52. The number of ether oxygens (including phenoxy) is 2. The molecular weight excluding hydrogens is 269 g/mol. The highest BCUT2D eigenvalue weighted by Crippen LogP contribution is 2.24. The van der Waals surface area contributed by atoms with Crippen molar-refractivity contribution in [3.63, 3.8) is 0 Å². The molecule has 1 aromatic rings. The molecular formula is C17H26FNO2. The molecule has 0 aliphatic carbocycles. The van der Waals surface area contributed by atoms with Crippen molar-refractivity contribution < 1.29 is 13.9 Å². The first-order valence-corrected chi connectivity index (χ1v) is 7.94. The molecule has 0 bridgehead atoms. The second-order valence-electron chi connectivity index (χ2n) is 5.73. The van der Waals surface area contributed by atoms with Crippen LogP contribution in [-0.2, 0) is 4.74 Å². The first kappa shape index (κ1) is 16.2. The lowest BCUT2D eigenvalue weighted by Crippen LogP contribution is -2.22. The Morgan fingerprint density at radius 2 is 2.14 bits per heavy atom. The van der Waals surface area contributed by atoms with Crippen molar-refractivity contribution in [1.29, 1.82) is 0 Å². The Morgan fingerprint density at radius 3 is 2.81 bits per heavy atom. The van der Waals surface area contributed by atoms with Crippen LogP contribution in [-0.4, -0.2) is 26.4 Å². The third-order valence-electron chi connectivity index (χ3n) is 3.97. The maximum Gasteiger partial charge on any atom is 0.165 e. The summed E-state index contributed by atoms with van der Waals surface area (Å²) in [6.07, 6.45) is 3.06. The fraction of sp³-hybridized carbons (Fsp3) is 0.647. The summed E-state index contributed by atoms with van der Waals surface area (Å²) in [5, 5.41) is 3.36. The van der Waals surface area contributed by atoms with E-state index in [2.05, 4.69) is 12.2 Å². The highest BCUT2D eigenvalue weighted by atomic mass is 19.1. The summed E-state index contributed by atoms with van der Waals surface area (Å²) in [6, 6.07) is 5.42. The van der Waals surface area contributed by atoms with E-state index in [1.165, 1.54) is 0 Å². The van der Waals surface area contributed by atoms with Crippen LogP contribution in [0.3, 0.4) is 0 Å². The van der Waals surface area contributed by atoms with Gasteiger partial charge in [0.15, 0.2) is 11.6 Å². The quantitative estimate of drug-likeness (QED) is 0.832. The van der Waals surface area contributed by atoms with Crippen LogP contribution in [0, 0.1) is 11.7 Å². The molecule has 0 saturated carbocycles. The molecule has 21 heavy (non-hydrogen) atoms. The third kappa shape index (κ3) is 4.97. The predicted octanol–water partition coefficient (Wildman–Crippen LogP) is 3.69. The highest BCUT2D eigenvalue weighted by Gasteiger charge is 2.16. The molecule has 1 fully saturated rings. The summed E-state index contributed by atoms with van der Waals surface area (Å²) in [4.78, 5) is 0. The standard InChI is InChI=1S/C17H26FNO2/c1-3-8-19-13(2)15-4-5-17(16(18)11-15)21-12-14-6-9-20-10-7-14/h4-5,11,13-14,19H,3,6-10,12H2,1-2H3. The lowest BCUT2D eigenvalue weighted by Gasteiger charge is -2.22. The van der Waals surface area contributed by atoms with Gasteiger partial charge in [-0.1, -0.05) is 13.0 Å². The maximum absolute atomic E-state index is 14.1. The largest absolute Gasteiger partial charge is 0.490 e. The van der Waals surface area contributed by atoms with E-state index < -0.39 is 0 Å². The molecule has 1 aliphatic rings. The Balaban J connectivity index is 1.89. The lowest BCUT2D eigenvalue weighted by molar-refractivity contribution is 0.0491. The molecule has 1 atom stereocenters. The Labute approximate surface area is 126 Å². The van der Waals surface area contributed by atoms with Crippen LogP contribution in [0.25, 0.3) is 0 Å². The number of hydrogen-bond donors (Lipinski definition) is 1. The van der Waals surface area contributed by atoms with Crippen molar-refractivity contribution in [2.24, 2.45) is 5.92 Å². The third-order valence-corrected chi connectivity index (χ3v) is 3.97. The van der Waals surface area contributed by atoms with Crippen LogP contribution >= 0.6 is 0 Å². The molecule has 118 valence electrons. The van der Waals surface area contributed by atoms with E-state index in [4.69, 9.17) is 9.47 Å². The molecule has 1 heterocycles. The first-order valence-electron chi connectivity index (χ1n) is 7.94. The zero-order valence-electron chi connectivity index (χ0n) is 13.0. The van der Waals surface area contributed by atoms with Gasteiger partial charge in [-0.25, -0.2) is 4.39 Å². The minimum Gasteiger partial charge on any atom is -0.490 e. The van der Waals surface area contributed by atoms with Gasteiger partial charge in [0, 0.05) is 19.3 Å². The fourth-order valence-corrected chi connectivity index (χ4v) is 2.50. The Morgan fingerprint density at radius 1 is 1.38 bits per heavy atom. The summed E-state index contributed by atoms with van der Waals surface area (Å²) in [5.74, 6) is 0.556. The number of rotatable bonds is 7. The van der Waals surface area contributed by atoms with Gasteiger partial charge in [0.2, 0.25) is 0 Å². The SMILES string of the molecule is CCCNC(C)c1ccc(OCC2CCOCC2)c(F)c1. The van der Waals surface area contributed by atoms with Crippen molar-refractivity contribution in [3.8, 4) is 5.75 Å². The van der Waals surface area contributed by atoms with Gasteiger partial charge < -0.3 is 14.8 Å². The lowest BCUT2D eigenvalue weighted by atomic mass is 10.0. The molecule has 0 amide bonds. The van der Waals surface area contributed by atoms with Crippen LogP contribution in [0.2, 0.25) is 0 Å². The Hall–Kier alpha value is -1.13. The number of hydrogen-bond acceptors (Lipinski definition) is 3. The summed E-state index contributed by atoms with van der Waals surface area (Å²) in [7, 11) is 0. The molecule has 0 aromatic heterocycles. The second kappa shape index (κ2) is 8.35. The summed E-state index contributed by atoms with van der Waals surface area (Å²) < 4.78 is 25.1. The predicted molar refractivity (Wildman–Crippen MR) is 82.1 cm³/mol. The summed E-state index contributed by atoms with van der Waals surface area (Å²) in [6.45, 7) is 7.25. The minimum absolute atomic E-state index is 0.156. The molecule has 1 saturated heterocycles. The van der Waals surface area contributed by atoms with Crippen LogP contribution in [0.15, 0.2) is 18.2 Å². The molecule has 2 rings (SSSR count). The van der Waals surface area contributed by atoms with E-state index in [9.17, 15) is 4.39 Å². The van der Waals surface area contributed by atoms with Gasteiger partial charge in [-0.05, 0) is 56.3 Å². The average molecular weight is 295 g/mol. The summed E-state index contributed by atoms with van der Waals surface area (Å²) >= 11 is 0. The van der Waals surface area contributed by atoms with Crippen molar-refractivity contribution in [2.45, 2.75) is 39.2 Å². The van der Waals surface area contributed by atoms with Crippen LogP contribution in [0.1, 0.15) is 44.7 Å². The van der Waals surface area contributed by atoms with Gasteiger partial charge in [0.05, 0.1) is 6.61 Å². The van der Waals surface area contributed by atoms with Crippen molar-refractivity contribution in [2.75, 3.05) is 26.4 Å². The molecule has 1 aromatic carbocycles. The molecule has 1 unspecified atom stereocenters. The molecule has 1 N–H and O–H groups in total. The van der Waals surface area contributed by atoms with E-state index in [-0.39, 0.29) is 11.9 Å². The second-order valence-corrected chi connectivity index (χ2v) is 5.73. The minimum atomic E-state index is -0.273. The van der Waals surface area contributed by atoms with E-state index in [1.807, 2.05) is 13.0 Å². The van der Waals surface area contributed by atoms with Crippen molar-refractivity contribution in [1.82, 2.24) is 5.32 Å². The van der Waals surface area contributed by atoms with Gasteiger partial charge in [-0.2, -0.15) is 0 Å². The monoisotopic (exact) mass is 295 g/mol. The maximum atomic E-state index is 14.1. The zero-order chi connectivity index (χ0) is 15.1. The zero-order valence-corrected chi connectivity index (χ0v) is 13.0. The van der Waals surface area contributed by atoms with Crippen molar-refractivity contribution >= 4 is 0 Å². The number of benzene rings is 1. The normalized spacial score (nSPS) is 17.7. The van der Waals surface area contributed by atoms with Gasteiger partial charge in [-0.3, -0.25) is 0 Å². The van der Waals surface area contributed by atoms with E-state index in [0.29, 0.717) is 18.3 Å². The van der Waals surface area contributed by atoms with Gasteiger partial charge in [0.1, 0.15) is 0 Å². The van der Waals surface area contributed by atoms with E-state index in [0.717, 1.165) is 44.6 Å². The number of nitrogens with one attached hydrogen (secondary N) is 1. The highest BCUT2D eigenvalue weighted by molar-refractivity contribution is 5.30. The van der Waals surface area contributed by atoms with Crippen LogP contribution < -0.4 is 10.1 Å². The Kier molecular flexibility index (Phi) is 6.46. The molecule has 1 aliphatic heterocycles. The summed E-state index contributed by atoms with van der Waals surface area (Å²) in [5.41, 5.74) is 0.958. The van der Waals surface area contributed by atoms with E-state index >= 15 is 0 Å². The fourth-order valence-electron chi connectivity index (χ4n) is 2.50. The smallest absolute Gasteiger partial charge is 0.165 e. The first-order chi connectivity index (χ1) is 10.2.